The van der Waals surface area contributed by atoms with E-state index in [0.29, 0.717) is 0 Å². The molecule has 0 aliphatic rings. The first kappa shape index (κ1) is 20.7. The van der Waals surface area contributed by atoms with Gasteiger partial charge in [0.05, 0.1) is 6.04 Å². The van der Waals surface area contributed by atoms with E-state index >= 15 is 0 Å². The van der Waals surface area contributed by atoms with Crippen molar-refractivity contribution in [3.05, 3.63) is 30.1 Å². The van der Waals surface area contributed by atoms with Gasteiger partial charge in [-0.1, -0.05) is 32.9 Å². The molecule has 0 aromatic heterocycles. The van der Waals surface area contributed by atoms with Gasteiger partial charge in [-0.05, 0) is 24.5 Å². The number of ether oxygens (including phenoxy) is 1. The summed E-state index contributed by atoms with van der Waals surface area (Å²) >= 11 is 0. The molecule has 3 N–H and O–H groups in total. The number of halogens is 2. The van der Waals surface area contributed by atoms with E-state index in [-0.39, 0.29) is 54.6 Å². The van der Waals surface area contributed by atoms with E-state index in [1.165, 1.54) is 6.07 Å². The van der Waals surface area contributed by atoms with Gasteiger partial charge in [0.15, 0.2) is 11.6 Å². The lowest BCUT2D eigenvalue weighted by Gasteiger charge is -2.31. The number of carbonyl (C=O) groups is 1. The van der Waals surface area contributed by atoms with Crippen molar-refractivity contribution in [2.75, 3.05) is 6.61 Å². The first-order valence-electron chi connectivity index (χ1n) is 7.12. The Kier molecular flexibility index (Phi) is 8.41. The van der Waals surface area contributed by atoms with Crippen LogP contribution in [0.3, 0.4) is 0 Å². The molecule has 1 aromatic carbocycles. The largest absolute Gasteiger partial charge is 0.488 e. The SMILES string of the molecule is CC(N)CC(=O)NC(COc1ccccc1F)C(C)(C)C.Cl. The van der Waals surface area contributed by atoms with Crippen LogP contribution in [0.4, 0.5) is 4.39 Å². The summed E-state index contributed by atoms with van der Waals surface area (Å²) in [5, 5.41) is 2.91. The van der Waals surface area contributed by atoms with E-state index in [4.69, 9.17) is 10.5 Å². The topological polar surface area (TPSA) is 64.4 Å². The summed E-state index contributed by atoms with van der Waals surface area (Å²) in [5.74, 6) is -0.345. The number of carbonyl (C=O) groups excluding carboxylic acids is 1. The fourth-order valence-electron chi connectivity index (χ4n) is 1.79. The van der Waals surface area contributed by atoms with E-state index in [0.717, 1.165) is 0 Å². The number of benzene rings is 1. The van der Waals surface area contributed by atoms with Gasteiger partial charge in [-0.15, -0.1) is 12.4 Å². The number of hydrogen-bond donors (Lipinski definition) is 2. The Labute approximate surface area is 138 Å². The van der Waals surface area contributed by atoms with Crippen LogP contribution in [-0.2, 0) is 4.79 Å². The summed E-state index contributed by atoms with van der Waals surface area (Å²) < 4.78 is 19.1. The van der Waals surface area contributed by atoms with E-state index in [1.807, 2.05) is 20.8 Å². The molecule has 0 heterocycles. The van der Waals surface area contributed by atoms with Gasteiger partial charge >= 0.3 is 0 Å². The van der Waals surface area contributed by atoms with E-state index in [1.54, 1.807) is 25.1 Å². The van der Waals surface area contributed by atoms with Gasteiger partial charge in [0.2, 0.25) is 5.91 Å². The molecule has 22 heavy (non-hydrogen) atoms. The maximum absolute atomic E-state index is 13.5. The summed E-state index contributed by atoms with van der Waals surface area (Å²) in [6, 6.07) is 5.79. The number of amides is 1. The van der Waals surface area contributed by atoms with Gasteiger partial charge < -0.3 is 15.8 Å². The molecule has 2 unspecified atom stereocenters. The zero-order valence-corrected chi connectivity index (χ0v) is 14.4. The van der Waals surface area contributed by atoms with Gasteiger partial charge in [-0.25, -0.2) is 4.39 Å². The minimum atomic E-state index is -0.410. The Balaban J connectivity index is 0.00000441. The van der Waals surface area contributed by atoms with Crippen LogP contribution < -0.4 is 15.8 Å². The molecule has 0 aliphatic carbocycles. The van der Waals surface area contributed by atoms with Crippen LogP contribution in [0.2, 0.25) is 0 Å². The van der Waals surface area contributed by atoms with Gasteiger partial charge in [-0.3, -0.25) is 4.79 Å². The Hall–Kier alpha value is -1.33. The molecule has 0 radical (unpaired) electrons. The Bertz CT molecular complexity index is 475. The molecule has 0 aliphatic heterocycles. The van der Waals surface area contributed by atoms with Crippen molar-refractivity contribution in [3.8, 4) is 5.75 Å². The minimum Gasteiger partial charge on any atom is -0.488 e. The summed E-state index contributed by atoms with van der Waals surface area (Å²) in [5.41, 5.74) is 5.41. The lowest BCUT2D eigenvalue weighted by atomic mass is 9.87. The molecule has 0 saturated carbocycles. The summed E-state index contributed by atoms with van der Waals surface area (Å²) in [6.07, 6.45) is 0.256. The summed E-state index contributed by atoms with van der Waals surface area (Å²) in [6.45, 7) is 7.97. The fourth-order valence-corrected chi connectivity index (χ4v) is 1.79. The zero-order valence-electron chi connectivity index (χ0n) is 13.6. The quantitative estimate of drug-likeness (QED) is 0.842. The maximum atomic E-state index is 13.5. The summed E-state index contributed by atoms with van der Waals surface area (Å²) in [7, 11) is 0. The second kappa shape index (κ2) is 8.96. The third-order valence-corrected chi connectivity index (χ3v) is 3.13. The Morgan fingerprint density at radius 1 is 1.36 bits per heavy atom. The van der Waals surface area contributed by atoms with Crippen LogP contribution in [0.5, 0.6) is 5.75 Å². The standard InChI is InChI=1S/C16H25FN2O2.ClH/c1-11(18)9-15(20)19-14(16(2,3)4)10-21-13-8-6-5-7-12(13)17;/h5-8,11,14H,9-10,18H2,1-4H3,(H,19,20);1H. The number of hydrogen-bond acceptors (Lipinski definition) is 3. The van der Waals surface area contributed by atoms with Crippen LogP contribution in [0.25, 0.3) is 0 Å². The van der Waals surface area contributed by atoms with Crippen LogP contribution in [-0.4, -0.2) is 24.6 Å². The van der Waals surface area contributed by atoms with E-state index in [9.17, 15) is 9.18 Å². The third kappa shape index (κ3) is 7.09. The second-order valence-corrected chi connectivity index (χ2v) is 6.41. The van der Waals surface area contributed by atoms with Crippen molar-refractivity contribution in [3.63, 3.8) is 0 Å². The van der Waals surface area contributed by atoms with Crippen molar-refractivity contribution >= 4 is 18.3 Å². The molecule has 4 nitrogen and oxygen atoms in total. The molecule has 0 fully saturated rings. The molecule has 0 bridgehead atoms. The average molecular weight is 333 g/mol. The highest BCUT2D eigenvalue weighted by Gasteiger charge is 2.27. The molecule has 2 atom stereocenters. The highest BCUT2D eigenvalue weighted by atomic mass is 35.5. The highest BCUT2D eigenvalue weighted by molar-refractivity contribution is 5.85. The molecule has 6 heteroatoms. The molecule has 1 amide bonds. The maximum Gasteiger partial charge on any atom is 0.221 e. The van der Waals surface area contributed by atoms with Gasteiger partial charge in [0.25, 0.3) is 0 Å². The van der Waals surface area contributed by atoms with Crippen molar-refractivity contribution in [1.82, 2.24) is 5.32 Å². The highest BCUT2D eigenvalue weighted by Crippen LogP contribution is 2.22. The first-order chi connectivity index (χ1) is 9.70. The lowest BCUT2D eigenvalue weighted by molar-refractivity contribution is -0.123. The molecule has 126 valence electrons. The van der Waals surface area contributed by atoms with Crippen LogP contribution in [0, 0.1) is 11.2 Å². The molecular weight excluding hydrogens is 307 g/mol. The zero-order chi connectivity index (χ0) is 16.0. The Morgan fingerprint density at radius 2 is 1.95 bits per heavy atom. The van der Waals surface area contributed by atoms with Crippen LogP contribution >= 0.6 is 12.4 Å². The second-order valence-electron chi connectivity index (χ2n) is 6.41. The fraction of sp³-hybridized carbons (Fsp3) is 0.562. The predicted octanol–water partition coefficient (Wildman–Crippen LogP) is 2.89. The van der Waals surface area contributed by atoms with Crippen molar-refractivity contribution < 1.29 is 13.9 Å². The molecule has 1 aromatic rings. The van der Waals surface area contributed by atoms with Crippen LogP contribution in [0.15, 0.2) is 24.3 Å². The monoisotopic (exact) mass is 332 g/mol. The molecule has 0 spiro atoms. The molecule has 0 saturated heterocycles. The molecule has 1 rings (SSSR count). The Morgan fingerprint density at radius 3 is 2.45 bits per heavy atom. The average Bonchev–Trinajstić information content (AvgIpc) is 2.33. The third-order valence-electron chi connectivity index (χ3n) is 3.13. The van der Waals surface area contributed by atoms with Gasteiger partial charge in [-0.2, -0.15) is 0 Å². The van der Waals surface area contributed by atoms with Gasteiger partial charge in [0, 0.05) is 12.5 Å². The number of nitrogens with one attached hydrogen (secondary N) is 1. The van der Waals surface area contributed by atoms with Crippen molar-refractivity contribution in [2.45, 2.75) is 46.2 Å². The molecular formula is C16H26ClFN2O2. The number of nitrogens with two attached hydrogens (primary N) is 1. The van der Waals surface area contributed by atoms with Gasteiger partial charge in [0.1, 0.15) is 6.61 Å². The predicted molar refractivity (Wildman–Crippen MR) is 88.8 cm³/mol. The van der Waals surface area contributed by atoms with E-state index in [2.05, 4.69) is 5.32 Å². The normalized spacial score (nSPS) is 13.7. The number of rotatable bonds is 6. The first-order valence-corrected chi connectivity index (χ1v) is 7.12. The van der Waals surface area contributed by atoms with Crippen molar-refractivity contribution in [2.24, 2.45) is 11.1 Å². The van der Waals surface area contributed by atoms with E-state index < -0.39 is 5.82 Å². The number of para-hydroxylation sites is 1. The minimum absolute atomic E-state index is 0. The summed E-state index contributed by atoms with van der Waals surface area (Å²) in [4.78, 5) is 11.9. The lowest BCUT2D eigenvalue weighted by Crippen LogP contribution is -2.48. The smallest absolute Gasteiger partial charge is 0.221 e. The van der Waals surface area contributed by atoms with Crippen molar-refractivity contribution in [1.29, 1.82) is 0 Å². The van der Waals surface area contributed by atoms with Crippen LogP contribution in [0.1, 0.15) is 34.1 Å².